The number of amides is 3. The number of benzene rings is 1. The molecule has 2 aliphatic rings. The van der Waals surface area contributed by atoms with Crippen LogP contribution in [0.4, 0.5) is 27.8 Å². The van der Waals surface area contributed by atoms with Gasteiger partial charge in [0.05, 0.1) is 18.5 Å². The third-order valence-corrected chi connectivity index (χ3v) is 5.45. The fraction of sp³-hybridized carbons (Fsp3) is 0.150. The highest BCUT2D eigenvalue weighted by atomic mass is 79.9. The van der Waals surface area contributed by atoms with Gasteiger partial charge in [0.15, 0.2) is 11.3 Å². The third kappa shape index (κ3) is 3.80. The minimum Gasteiger partial charge on any atom is -0.367 e. The van der Waals surface area contributed by atoms with Crippen LogP contribution in [0.2, 0.25) is 0 Å². The molecule has 10 nitrogen and oxygen atoms in total. The van der Waals surface area contributed by atoms with E-state index in [4.69, 9.17) is 6.57 Å². The van der Waals surface area contributed by atoms with Crippen LogP contribution >= 0.6 is 15.9 Å². The lowest BCUT2D eigenvalue weighted by Crippen LogP contribution is -2.22. The van der Waals surface area contributed by atoms with Crippen LogP contribution in [0, 0.1) is 6.57 Å². The van der Waals surface area contributed by atoms with Crippen molar-refractivity contribution in [2.75, 3.05) is 10.6 Å². The van der Waals surface area contributed by atoms with Crippen LogP contribution < -0.4 is 21.3 Å². The van der Waals surface area contributed by atoms with E-state index < -0.39 is 11.9 Å². The molecule has 0 atom stereocenters. The van der Waals surface area contributed by atoms with Crippen molar-refractivity contribution in [2.24, 2.45) is 0 Å². The second-order valence-corrected chi connectivity index (χ2v) is 8.00. The number of anilines is 3. The number of halogens is 1. The van der Waals surface area contributed by atoms with Crippen molar-refractivity contribution < 1.29 is 9.59 Å². The van der Waals surface area contributed by atoms with Gasteiger partial charge in [-0.3, -0.25) is 10.1 Å². The van der Waals surface area contributed by atoms with Crippen molar-refractivity contribution in [1.82, 2.24) is 25.2 Å². The molecular weight excluding hydrogens is 464 g/mol. The Morgan fingerprint density at radius 2 is 2.10 bits per heavy atom. The fourth-order valence-electron chi connectivity index (χ4n) is 3.14. The van der Waals surface area contributed by atoms with Crippen LogP contribution in [0.3, 0.4) is 0 Å². The van der Waals surface area contributed by atoms with Crippen molar-refractivity contribution in [3.63, 3.8) is 0 Å². The van der Waals surface area contributed by atoms with Gasteiger partial charge in [-0.05, 0) is 47.0 Å². The highest BCUT2D eigenvalue weighted by Gasteiger charge is 2.25. The maximum absolute atomic E-state index is 11.9. The number of rotatable bonds is 5. The first-order chi connectivity index (χ1) is 15.0. The summed E-state index contributed by atoms with van der Waals surface area (Å²) in [7, 11) is 0. The summed E-state index contributed by atoms with van der Waals surface area (Å²) in [5.74, 6) is 0.819. The zero-order chi connectivity index (χ0) is 21.5. The van der Waals surface area contributed by atoms with Crippen LogP contribution in [0.25, 0.3) is 16.6 Å². The first-order valence-corrected chi connectivity index (χ1v) is 10.2. The number of nitrogens with zero attached hydrogens (tertiary/aromatic N) is 4. The number of imide groups is 1. The molecule has 1 aliphatic carbocycles. The summed E-state index contributed by atoms with van der Waals surface area (Å²) in [6.45, 7) is 7.14. The van der Waals surface area contributed by atoms with Crippen molar-refractivity contribution >= 4 is 62.6 Å². The van der Waals surface area contributed by atoms with Crippen LogP contribution in [-0.2, 0) is 4.79 Å². The van der Waals surface area contributed by atoms with Gasteiger partial charge in [-0.15, -0.1) is 0 Å². The second kappa shape index (κ2) is 7.41. The van der Waals surface area contributed by atoms with E-state index in [0.717, 1.165) is 28.8 Å². The van der Waals surface area contributed by atoms with Gasteiger partial charge in [0.2, 0.25) is 0 Å². The predicted octanol–water partition coefficient (Wildman–Crippen LogP) is 3.54. The molecule has 4 N–H and O–H groups in total. The third-order valence-electron chi connectivity index (χ3n) is 4.79. The number of aromatic nitrogens is 3. The summed E-state index contributed by atoms with van der Waals surface area (Å²) in [6, 6.07) is 6.93. The van der Waals surface area contributed by atoms with Crippen molar-refractivity contribution in [3.8, 4) is 0 Å². The lowest BCUT2D eigenvalue weighted by Gasteiger charge is -2.12. The molecule has 154 valence electrons. The van der Waals surface area contributed by atoms with Crippen LogP contribution in [-0.4, -0.2) is 32.6 Å². The topological polar surface area (TPSA) is 117 Å². The SMILES string of the molecule is [C-]#[N+]c1ccc(Nc2cc(NC3CC3)n3ncc(/C=C4\NC(=O)NC4=O)c3n2)c(Br)c1. The Morgan fingerprint density at radius 1 is 1.26 bits per heavy atom. The summed E-state index contributed by atoms with van der Waals surface area (Å²) >= 11 is 3.48. The van der Waals surface area contributed by atoms with Gasteiger partial charge >= 0.3 is 6.03 Å². The molecule has 31 heavy (non-hydrogen) atoms. The number of hydrogen-bond donors (Lipinski definition) is 4. The molecule has 0 spiro atoms. The quantitative estimate of drug-likeness (QED) is 0.253. The number of carbonyl (C=O) groups excluding carboxylic acids is 2. The molecule has 1 aromatic carbocycles. The molecule has 1 saturated carbocycles. The molecule has 5 rings (SSSR count). The maximum Gasteiger partial charge on any atom is 0.326 e. The average Bonchev–Trinajstić information content (AvgIpc) is 3.38. The lowest BCUT2D eigenvalue weighted by atomic mass is 10.2. The zero-order valence-electron chi connectivity index (χ0n) is 15.9. The lowest BCUT2D eigenvalue weighted by molar-refractivity contribution is -0.115. The molecule has 2 aromatic heterocycles. The number of carbonyl (C=O) groups is 2. The summed E-state index contributed by atoms with van der Waals surface area (Å²) in [4.78, 5) is 31.4. The normalized spacial score (nSPS) is 16.8. The van der Waals surface area contributed by atoms with E-state index in [9.17, 15) is 9.59 Å². The van der Waals surface area contributed by atoms with E-state index in [1.165, 1.54) is 0 Å². The molecule has 3 amide bonds. The second-order valence-electron chi connectivity index (χ2n) is 7.15. The minimum atomic E-state index is -0.563. The van der Waals surface area contributed by atoms with Gasteiger partial charge in [-0.25, -0.2) is 14.6 Å². The van der Waals surface area contributed by atoms with Crippen molar-refractivity contribution in [3.05, 3.63) is 57.6 Å². The highest BCUT2D eigenvalue weighted by molar-refractivity contribution is 9.10. The molecule has 3 aromatic rings. The Hall–Kier alpha value is -3.91. The molecule has 0 bridgehead atoms. The number of nitrogens with one attached hydrogen (secondary N) is 4. The van der Waals surface area contributed by atoms with Gasteiger partial charge in [0.1, 0.15) is 17.3 Å². The average molecular weight is 479 g/mol. The first kappa shape index (κ1) is 19.1. The molecule has 3 heterocycles. The van der Waals surface area contributed by atoms with E-state index in [1.54, 1.807) is 35.0 Å². The van der Waals surface area contributed by atoms with E-state index in [2.05, 4.69) is 52.1 Å². The minimum absolute atomic E-state index is 0.134. The first-order valence-electron chi connectivity index (χ1n) is 9.43. The van der Waals surface area contributed by atoms with Gasteiger partial charge < -0.3 is 16.0 Å². The largest absolute Gasteiger partial charge is 0.367 e. The van der Waals surface area contributed by atoms with E-state index in [0.29, 0.717) is 28.8 Å². The van der Waals surface area contributed by atoms with Gasteiger partial charge in [-0.2, -0.15) is 9.61 Å². The monoisotopic (exact) mass is 478 g/mol. The predicted molar refractivity (Wildman–Crippen MR) is 118 cm³/mol. The Kier molecular flexibility index (Phi) is 4.56. The van der Waals surface area contributed by atoms with Crippen molar-refractivity contribution in [2.45, 2.75) is 18.9 Å². The van der Waals surface area contributed by atoms with Crippen LogP contribution in [0.1, 0.15) is 18.4 Å². The van der Waals surface area contributed by atoms with Crippen molar-refractivity contribution in [1.29, 1.82) is 0 Å². The molecule has 2 fully saturated rings. The van der Waals surface area contributed by atoms with Crippen LogP contribution in [0.5, 0.6) is 0 Å². The molecule has 0 radical (unpaired) electrons. The van der Waals surface area contributed by atoms with Gasteiger partial charge in [0, 0.05) is 22.1 Å². The molecule has 0 unspecified atom stereocenters. The molecule has 1 aliphatic heterocycles. The molecule has 1 saturated heterocycles. The fourth-order valence-corrected chi connectivity index (χ4v) is 3.60. The summed E-state index contributed by atoms with van der Waals surface area (Å²) in [5, 5.41) is 15.8. The standard InChI is InChI=1S/C20H15BrN8O2/c1-22-12-4-5-14(13(21)7-12)25-16-8-17(24-11-2-3-11)29-18(27-16)10(9-23-29)6-15-19(30)28-20(31)26-15/h4-9,11,24H,2-3H2,(H,25,27)(H2,26,28,30,31)/b15-6-. The van der Waals surface area contributed by atoms with Gasteiger partial charge in [-0.1, -0.05) is 6.07 Å². The Labute approximate surface area is 184 Å². The maximum atomic E-state index is 11.9. The van der Waals surface area contributed by atoms with E-state index in [-0.39, 0.29) is 5.70 Å². The Morgan fingerprint density at radius 3 is 2.77 bits per heavy atom. The summed E-state index contributed by atoms with van der Waals surface area (Å²) in [6.07, 6.45) is 5.30. The number of fused-ring (bicyclic) bond motifs is 1. The van der Waals surface area contributed by atoms with E-state index in [1.807, 2.05) is 6.07 Å². The highest BCUT2D eigenvalue weighted by Crippen LogP contribution is 2.32. The zero-order valence-corrected chi connectivity index (χ0v) is 17.5. The number of urea groups is 1. The smallest absolute Gasteiger partial charge is 0.326 e. The Bertz CT molecular complexity index is 1320. The van der Waals surface area contributed by atoms with E-state index >= 15 is 0 Å². The molecular formula is C20H15BrN8O2. The summed E-state index contributed by atoms with van der Waals surface area (Å²) < 4.78 is 2.40. The number of hydrogen-bond acceptors (Lipinski definition) is 6. The Balaban J connectivity index is 1.57. The van der Waals surface area contributed by atoms with Gasteiger partial charge in [0.25, 0.3) is 5.91 Å². The summed E-state index contributed by atoms with van der Waals surface area (Å²) in [5.41, 5.74) is 2.51. The molecule has 11 heteroatoms. The van der Waals surface area contributed by atoms with Crippen LogP contribution in [0.15, 0.2) is 40.6 Å².